The van der Waals surface area contributed by atoms with Crippen LogP contribution in [0.25, 0.3) is 10.9 Å². The molecule has 1 aromatic heterocycles. The molecule has 0 saturated carbocycles. The van der Waals surface area contributed by atoms with Gasteiger partial charge in [-0.15, -0.1) is 0 Å². The number of carbonyl (C=O) groups excluding carboxylic acids is 2. The second-order valence-corrected chi connectivity index (χ2v) is 6.72. The number of hydrogen-bond acceptors (Lipinski definition) is 3. The van der Waals surface area contributed by atoms with Crippen LogP contribution >= 0.6 is 0 Å². The third-order valence-corrected chi connectivity index (χ3v) is 4.94. The van der Waals surface area contributed by atoms with E-state index in [1.54, 1.807) is 0 Å². The van der Waals surface area contributed by atoms with Gasteiger partial charge in [0.05, 0.1) is 11.1 Å². The number of aromatic nitrogens is 1. The quantitative estimate of drug-likeness (QED) is 0.687. The van der Waals surface area contributed by atoms with Crippen LogP contribution in [-0.4, -0.2) is 29.5 Å². The summed E-state index contributed by atoms with van der Waals surface area (Å²) in [6.45, 7) is 9.33. The summed E-state index contributed by atoms with van der Waals surface area (Å²) in [6, 6.07) is 9.92. The highest BCUT2D eigenvalue weighted by atomic mass is 19.1. The van der Waals surface area contributed by atoms with Crippen molar-refractivity contribution in [1.82, 2.24) is 4.57 Å². The van der Waals surface area contributed by atoms with Crippen LogP contribution in [0.4, 0.5) is 15.8 Å². The molecule has 0 unspecified atom stereocenters. The number of fused-ring (bicyclic) bond motifs is 1. The van der Waals surface area contributed by atoms with Crippen molar-refractivity contribution in [2.45, 2.75) is 27.7 Å². The van der Waals surface area contributed by atoms with E-state index in [4.69, 9.17) is 0 Å². The summed E-state index contributed by atoms with van der Waals surface area (Å²) < 4.78 is 15.1. The Morgan fingerprint density at radius 3 is 2.43 bits per heavy atom. The van der Waals surface area contributed by atoms with Crippen LogP contribution in [0, 0.1) is 12.7 Å². The molecule has 1 N–H and O–H groups in total. The summed E-state index contributed by atoms with van der Waals surface area (Å²) in [5.74, 6) is -1.08. The molecule has 0 radical (unpaired) electrons. The summed E-state index contributed by atoms with van der Waals surface area (Å²) in [7, 11) is 0. The molecule has 1 amide bonds. The van der Waals surface area contributed by atoms with Gasteiger partial charge in [0.2, 0.25) is 5.91 Å². The fraction of sp³-hybridized carbons (Fsp3) is 0.273. The molecule has 2 aromatic carbocycles. The van der Waals surface area contributed by atoms with Gasteiger partial charge in [0.15, 0.2) is 0 Å². The Morgan fingerprint density at radius 1 is 1.11 bits per heavy atom. The van der Waals surface area contributed by atoms with E-state index in [2.05, 4.69) is 24.1 Å². The average molecular weight is 381 g/mol. The van der Waals surface area contributed by atoms with Gasteiger partial charge in [0.25, 0.3) is 5.91 Å². The minimum Gasteiger partial charge on any atom is -0.372 e. The van der Waals surface area contributed by atoms with Gasteiger partial charge < -0.3 is 10.2 Å². The Bertz CT molecular complexity index is 1050. The number of nitrogens with zero attached hydrogens (tertiary/aromatic N) is 2. The minimum atomic E-state index is -0.456. The van der Waals surface area contributed by atoms with Crippen LogP contribution in [-0.2, 0) is 0 Å². The molecule has 0 bridgehead atoms. The fourth-order valence-electron chi connectivity index (χ4n) is 3.41. The predicted octanol–water partition coefficient (Wildman–Crippen LogP) is 4.85. The normalized spacial score (nSPS) is 10.9. The van der Waals surface area contributed by atoms with E-state index in [0.717, 1.165) is 24.3 Å². The highest BCUT2D eigenvalue weighted by Gasteiger charge is 2.18. The zero-order valence-corrected chi connectivity index (χ0v) is 16.5. The molecular weight excluding hydrogens is 357 g/mol. The Kier molecular flexibility index (Phi) is 5.49. The maximum atomic E-state index is 13.7. The van der Waals surface area contributed by atoms with Crippen molar-refractivity contribution in [1.29, 1.82) is 0 Å². The molecule has 1 heterocycles. The zero-order chi connectivity index (χ0) is 20.4. The SMILES string of the molecule is CCN(CC)c1ccc(NC(=O)c2cn(C(C)=O)c3ccc(F)cc23)c(C)c1. The highest BCUT2D eigenvalue weighted by molar-refractivity contribution is 6.14. The topological polar surface area (TPSA) is 54.3 Å². The molecule has 3 rings (SSSR count). The van der Waals surface area contributed by atoms with Crippen LogP contribution in [0.15, 0.2) is 42.6 Å². The number of benzene rings is 2. The molecule has 0 aliphatic carbocycles. The first kappa shape index (κ1) is 19.6. The molecule has 3 aromatic rings. The number of aryl methyl sites for hydroxylation is 1. The van der Waals surface area contributed by atoms with Gasteiger partial charge in [-0.3, -0.25) is 14.2 Å². The first-order chi connectivity index (χ1) is 13.3. The van der Waals surface area contributed by atoms with Crippen molar-refractivity contribution >= 4 is 34.1 Å². The lowest BCUT2D eigenvalue weighted by atomic mass is 10.1. The number of halogens is 1. The lowest BCUT2D eigenvalue weighted by Gasteiger charge is -2.22. The monoisotopic (exact) mass is 381 g/mol. The van der Waals surface area contributed by atoms with Crippen molar-refractivity contribution < 1.29 is 14.0 Å². The van der Waals surface area contributed by atoms with E-state index in [9.17, 15) is 14.0 Å². The van der Waals surface area contributed by atoms with Gasteiger partial charge >= 0.3 is 0 Å². The smallest absolute Gasteiger partial charge is 0.257 e. The molecule has 0 saturated heterocycles. The van der Waals surface area contributed by atoms with Crippen LogP contribution in [0.2, 0.25) is 0 Å². The minimum absolute atomic E-state index is 0.240. The molecule has 0 aliphatic heterocycles. The summed E-state index contributed by atoms with van der Waals surface area (Å²) in [6.07, 6.45) is 1.46. The molecule has 5 nitrogen and oxygen atoms in total. The molecule has 28 heavy (non-hydrogen) atoms. The second kappa shape index (κ2) is 7.84. The molecule has 146 valence electrons. The Labute approximate surface area is 163 Å². The van der Waals surface area contributed by atoms with Gasteiger partial charge in [0, 0.05) is 43.0 Å². The van der Waals surface area contributed by atoms with E-state index in [0.29, 0.717) is 16.6 Å². The largest absolute Gasteiger partial charge is 0.372 e. The Morgan fingerprint density at radius 2 is 1.82 bits per heavy atom. The molecular formula is C22H24FN3O2. The van der Waals surface area contributed by atoms with Crippen LogP contribution in [0.1, 0.15) is 41.5 Å². The van der Waals surface area contributed by atoms with Crippen molar-refractivity contribution in [3.63, 3.8) is 0 Å². The number of nitrogens with one attached hydrogen (secondary N) is 1. The van der Waals surface area contributed by atoms with Crippen molar-refractivity contribution in [2.24, 2.45) is 0 Å². The summed E-state index contributed by atoms with van der Waals surface area (Å²) in [5, 5.41) is 3.30. The van der Waals surface area contributed by atoms with E-state index in [-0.39, 0.29) is 17.4 Å². The van der Waals surface area contributed by atoms with E-state index in [1.807, 2.05) is 25.1 Å². The summed E-state index contributed by atoms with van der Waals surface area (Å²) >= 11 is 0. The number of hydrogen-bond donors (Lipinski definition) is 1. The van der Waals surface area contributed by atoms with Gasteiger partial charge in [-0.1, -0.05) is 0 Å². The predicted molar refractivity (Wildman–Crippen MR) is 111 cm³/mol. The molecule has 0 atom stereocenters. The van der Waals surface area contributed by atoms with Crippen molar-refractivity contribution in [2.75, 3.05) is 23.3 Å². The van der Waals surface area contributed by atoms with Crippen LogP contribution in [0.3, 0.4) is 0 Å². The molecule has 6 heteroatoms. The first-order valence-electron chi connectivity index (χ1n) is 9.34. The van der Waals surface area contributed by atoms with Crippen LogP contribution < -0.4 is 10.2 Å². The maximum Gasteiger partial charge on any atom is 0.257 e. The van der Waals surface area contributed by atoms with E-state index >= 15 is 0 Å². The fourth-order valence-corrected chi connectivity index (χ4v) is 3.41. The summed E-state index contributed by atoms with van der Waals surface area (Å²) in [5.41, 5.74) is 3.47. The first-order valence-corrected chi connectivity index (χ1v) is 9.34. The lowest BCUT2D eigenvalue weighted by Crippen LogP contribution is -2.22. The van der Waals surface area contributed by atoms with Crippen molar-refractivity contribution in [3.8, 4) is 0 Å². The highest BCUT2D eigenvalue weighted by Crippen LogP contribution is 2.26. The van der Waals surface area contributed by atoms with Crippen molar-refractivity contribution in [3.05, 3.63) is 59.5 Å². The molecule has 0 spiro atoms. The van der Waals surface area contributed by atoms with Crippen LogP contribution in [0.5, 0.6) is 0 Å². The number of anilines is 2. The number of amides is 1. The van der Waals surface area contributed by atoms with E-state index < -0.39 is 5.82 Å². The standard InChI is InChI=1S/C22H24FN3O2/c1-5-25(6-2)17-8-9-20(14(3)11-17)24-22(28)19-13-26(15(4)27)21-10-7-16(23)12-18(19)21/h7-13H,5-6H2,1-4H3,(H,24,28). The molecule has 0 fully saturated rings. The Balaban J connectivity index is 1.96. The zero-order valence-electron chi connectivity index (χ0n) is 16.5. The molecule has 0 aliphatic rings. The number of rotatable bonds is 5. The van der Waals surface area contributed by atoms with E-state index in [1.165, 1.54) is 35.9 Å². The maximum absolute atomic E-state index is 13.7. The third kappa shape index (κ3) is 3.63. The van der Waals surface area contributed by atoms with Gasteiger partial charge in [0.1, 0.15) is 5.82 Å². The second-order valence-electron chi connectivity index (χ2n) is 6.72. The van der Waals surface area contributed by atoms with Gasteiger partial charge in [-0.25, -0.2) is 4.39 Å². The third-order valence-electron chi connectivity index (χ3n) is 4.94. The Hall–Kier alpha value is -3.15. The van der Waals surface area contributed by atoms with Gasteiger partial charge in [-0.2, -0.15) is 0 Å². The lowest BCUT2D eigenvalue weighted by molar-refractivity contribution is 0.0941. The summed E-state index contributed by atoms with van der Waals surface area (Å²) in [4.78, 5) is 27.0. The average Bonchev–Trinajstić information content (AvgIpc) is 3.04. The van der Waals surface area contributed by atoms with Gasteiger partial charge in [-0.05, 0) is 62.7 Å². The number of carbonyl (C=O) groups is 2.